The fourth-order valence-corrected chi connectivity index (χ4v) is 3.66. The summed E-state index contributed by atoms with van der Waals surface area (Å²) in [6, 6.07) is 4.73. The number of aryl methyl sites for hydroxylation is 2. The Morgan fingerprint density at radius 3 is 2.44 bits per heavy atom. The van der Waals surface area contributed by atoms with Gasteiger partial charge in [-0.2, -0.15) is 4.72 Å². The highest BCUT2D eigenvalue weighted by molar-refractivity contribution is 7.89. The maximum Gasteiger partial charge on any atom is 0.321 e. The summed E-state index contributed by atoms with van der Waals surface area (Å²) in [5.41, 5.74) is 1.82. The number of amides is 1. The minimum Gasteiger partial charge on any atom is -0.452 e. The smallest absolute Gasteiger partial charge is 0.321 e. The van der Waals surface area contributed by atoms with Crippen LogP contribution in [0.15, 0.2) is 23.1 Å². The fraction of sp³-hybridized carbons (Fsp3) is 0.529. The molecule has 25 heavy (non-hydrogen) atoms. The Morgan fingerprint density at radius 2 is 1.84 bits per heavy atom. The summed E-state index contributed by atoms with van der Waals surface area (Å²) < 4.78 is 31.7. The molecule has 1 aliphatic heterocycles. The number of benzene rings is 1. The van der Waals surface area contributed by atoms with Gasteiger partial charge in [0.2, 0.25) is 10.0 Å². The van der Waals surface area contributed by atoms with Gasteiger partial charge >= 0.3 is 5.97 Å². The van der Waals surface area contributed by atoms with Gasteiger partial charge in [0, 0.05) is 13.1 Å². The van der Waals surface area contributed by atoms with Gasteiger partial charge in [-0.15, -0.1) is 0 Å². The normalized spacial score (nSPS) is 15.9. The molecule has 1 atom stereocenters. The second-order valence-electron chi connectivity index (χ2n) is 6.24. The number of carbonyl (C=O) groups excluding carboxylic acids is 2. The molecule has 1 amide bonds. The van der Waals surface area contributed by atoms with Crippen LogP contribution in [0.2, 0.25) is 0 Å². The molecule has 0 aliphatic carbocycles. The first kappa shape index (κ1) is 19.4. The number of carbonyl (C=O) groups is 2. The summed E-state index contributed by atoms with van der Waals surface area (Å²) in [6.45, 7) is 6.01. The van der Waals surface area contributed by atoms with E-state index in [2.05, 4.69) is 4.72 Å². The van der Waals surface area contributed by atoms with Crippen molar-refractivity contribution in [2.75, 3.05) is 19.6 Å². The molecule has 1 aliphatic rings. The highest BCUT2D eigenvalue weighted by Gasteiger charge is 2.26. The van der Waals surface area contributed by atoms with E-state index in [0.717, 1.165) is 24.0 Å². The van der Waals surface area contributed by atoms with Crippen LogP contribution in [0, 0.1) is 13.8 Å². The van der Waals surface area contributed by atoms with Crippen LogP contribution in [0.25, 0.3) is 0 Å². The van der Waals surface area contributed by atoms with Crippen LogP contribution in [-0.2, 0) is 24.3 Å². The molecule has 138 valence electrons. The summed E-state index contributed by atoms with van der Waals surface area (Å²) in [4.78, 5) is 25.7. The minimum atomic E-state index is -3.81. The topological polar surface area (TPSA) is 92.8 Å². The van der Waals surface area contributed by atoms with Gasteiger partial charge in [0.1, 0.15) is 6.54 Å². The highest BCUT2D eigenvalue weighted by Crippen LogP contribution is 2.14. The van der Waals surface area contributed by atoms with Crippen molar-refractivity contribution in [2.24, 2.45) is 0 Å². The Hall–Kier alpha value is -1.93. The van der Waals surface area contributed by atoms with Crippen molar-refractivity contribution in [3.63, 3.8) is 0 Å². The molecule has 0 radical (unpaired) electrons. The average Bonchev–Trinajstić information content (AvgIpc) is 3.09. The van der Waals surface area contributed by atoms with E-state index < -0.39 is 28.6 Å². The lowest BCUT2D eigenvalue weighted by Gasteiger charge is -2.20. The molecule has 1 aromatic carbocycles. The monoisotopic (exact) mass is 368 g/mol. The number of esters is 1. The molecular formula is C17H24N2O5S. The second-order valence-corrected chi connectivity index (χ2v) is 8.00. The summed E-state index contributed by atoms with van der Waals surface area (Å²) in [5, 5.41) is 0. The average molecular weight is 368 g/mol. The van der Waals surface area contributed by atoms with Crippen LogP contribution < -0.4 is 4.72 Å². The lowest BCUT2D eigenvalue weighted by molar-refractivity contribution is -0.157. The number of ether oxygens (including phenoxy) is 1. The van der Waals surface area contributed by atoms with E-state index in [0.29, 0.717) is 13.1 Å². The van der Waals surface area contributed by atoms with Crippen LogP contribution in [0.4, 0.5) is 0 Å². The van der Waals surface area contributed by atoms with E-state index in [1.165, 1.54) is 13.0 Å². The largest absolute Gasteiger partial charge is 0.452 e. The highest BCUT2D eigenvalue weighted by atomic mass is 32.2. The van der Waals surface area contributed by atoms with E-state index in [1.807, 2.05) is 13.8 Å². The number of hydrogen-bond acceptors (Lipinski definition) is 5. The zero-order valence-electron chi connectivity index (χ0n) is 14.7. The molecular weight excluding hydrogens is 344 g/mol. The van der Waals surface area contributed by atoms with Gasteiger partial charge in [0.25, 0.3) is 5.91 Å². The molecule has 1 fully saturated rings. The second kappa shape index (κ2) is 7.97. The Bertz CT molecular complexity index is 754. The molecule has 1 N–H and O–H groups in total. The van der Waals surface area contributed by atoms with Gasteiger partial charge in [0.15, 0.2) is 6.10 Å². The van der Waals surface area contributed by atoms with E-state index in [1.54, 1.807) is 17.0 Å². The van der Waals surface area contributed by atoms with Crippen molar-refractivity contribution in [1.82, 2.24) is 9.62 Å². The molecule has 0 spiro atoms. The third kappa shape index (κ3) is 5.02. The summed E-state index contributed by atoms with van der Waals surface area (Å²) in [6.07, 6.45) is 0.973. The quantitative estimate of drug-likeness (QED) is 0.760. The van der Waals surface area contributed by atoms with Crippen LogP contribution in [0.5, 0.6) is 0 Å². The SMILES string of the molecule is Cc1ccc(S(=O)(=O)NCC(=O)O[C@H](C)C(=O)N2CCCC2)cc1C. The maximum absolute atomic E-state index is 12.2. The molecule has 7 nitrogen and oxygen atoms in total. The van der Waals surface area contributed by atoms with Crippen molar-refractivity contribution in [3.8, 4) is 0 Å². The van der Waals surface area contributed by atoms with Crippen molar-refractivity contribution < 1.29 is 22.7 Å². The number of nitrogens with zero attached hydrogens (tertiary/aromatic N) is 1. The molecule has 1 saturated heterocycles. The van der Waals surface area contributed by atoms with Crippen LogP contribution in [0.3, 0.4) is 0 Å². The number of rotatable bonds is 6. The maximum atomic E-state index is 12.2. The van der Waals surface area contributed by atoms with Gasteiger partial charge in [-0.25, -0.2) is 8.42 Å². The van der Waals surface area contributed by atoms with E-state index in [4.69, 9.17) is 4.74 Å². The number of nitrogens with one attached hydrogen (secondary N) is 1. The van der Waals surface area contributed by atoms with Gasteiger partial charge < -0.3 is 9.64 Å². The molecule has 0 aromatic heterocycles. The molecule has 2 rings (SSSR count). The molecule has 0 saturated carbocycles. The van der Waals surface area contributed by atoms with Gasteiger partial charge in [-0.1, -0.05) is 6.07 Å². The molecule has 0 unspecified atom stereocenters. The first-order valence-electron chi connectivity index (χ1n) is 8.26. The predicted octanol–water partition coefficient (Wildman–Crippen LogP) is 1.14. The zero-order chi connectivity index (χ0) is 18.6. The number of likely N-dealkylation sites (tertiary alicyclic amines) is 1. The van der Waals surface area contributed by atoms with E-state index >= 15 is 0 Å². The summed E-state index contributed by atoms with van der Waals surface area (Å²) in [5.74, 6) is -1.03. The lowest BCUT2D eigenvalue weighted by atomic mass is 10.1. The van der Waals surface area contributed by atoms with Crippen LogP contribution in [-0.4, -0.2) is 50.9 Å². The van der Waals surface area contributed by atoms with E-state index in [-0.39, 0.29) is 10.8 Å². The fourth-order valence-electron chi connectivity index (χ4n) is 2.60. The zero-order valence-corrected chi connectivity index (χ0v) is 15.6. The molecule has 0 bridgehead atoms. The first-order valence-corrected chi connectivity index (χ1v) is 9.74. The minimum absolute atomic E-state index is 0.0876. The van der Waals surface area contributed by atoms with Gasteiger partial charge in [-0.05, 0) is 56.9 Å². The molecule has 1 heterocycles. The van der Waals surface area contributed by atoms with Crippen molar-refractivity contribution in [1.29, 1.82) is 0 Å². The Labute approximate surface area is 148 Å². The molecule has 1 aromatic rings. The van der Waals surface area contributed by atoms with Gasteiger partial charge in [-0.3, -0.25) is 9.59 Å². The Morgan fingerprint density at radius 1 is 1.20 bits per heavy atom. The number of hydrogen-bond donors (Lipinski definition) is 1. The predicted molar refractivity (Wildman–Crippen MR) is 92.5 cm³/mol. The lowest BCUT2D eigenvalue weighted by Crippen LogP contribution is -2.40. The van der Waals surface area contributed by atoms with E-state index in [9.17, 15) is 18.0 Å². The van der Waals surface area contributed by atoms with Crippen LogP contribution in [0.1, 0.15) is 30.9 Å². The van der Waals surface area contributed by atoms with Crippen LogP contribution >= 0.6 is 0 Å². The van der Waals surface area contributed by atoms with Crippen molar-refractivity contribution in [2.45, 2.75) is 44.6 Å². The Balaban J connectivity index is 1.89. The molecule has 8 heteroatoms. The first-order chi connectivity index (χ1) is 11.7. The van der Waals surface area contributed by atoms with Gasteiger partial charge in [0.05, 0.1) is 4.90 Å². The van der Waals surface area contributed by atoms with Crippen molar-refractivity contribution >= 4 is 21.9 Å². The summed E-state index contributed by atoms with van der Waals surface area (Å²) >= 11 is 0. The number of sulfonamides is 1. The Kier molecular flexibility index (Phi) is 6.18. The van der Waals surface area contributed by atoms with Crippen molar-refractivity contribution in [3.05, 3.63) is 29.3 Å². The summed E-state index contributed by atoms with van der Waals surface area (Å²) in [7, 11) is -3.81. The third-order valence-corrected chi connectivity index (χ3v) is 5.67. The third-order valence-electron chi connectivity index (χ3n) is 4.27. The standard InChI is InChI=1S/C17H24N2O5S/c1-12-6-7-15(10-13(12)2)25(22,23)18-11-16(20)24-14(3)17(21)19-8-4-5-9-19/h6-7,10,14,18H,4-5,8-9,11H2,1-3H3/t14-/m1/s1.